The minimum absolute atomic E-state index is 0.115. The van der Waals surface area contributed by atoms with Crippen LogP contribution in [0.4, 0.5) is 0 Å². The normalized spacial score (nSPS) is 13.1. The summed E-state index contributed by atoms with van der Waals surface area (Å²) < 4.78 is 0. The maximum atomic E-state index is 11.3. The Kier molecular flexibility index (Phi) is 11.5. The van der Waals surface area contributed by atoms with Crippen LogP contribution in [0.15, 0.2) is 12.2 Å². The lowest BCUT2D eigenvalue weighted by atomic mass is 10.0. The quantitative estimate of drug-likeness (QED) is 0.353. The van der Waals surface area contributed by atoms with Gasteiger partial charge >= 0.3 is 0 Å². The lowest BCUT2D eigenvalue weighted by molar-refractivity contribution is -0.120. The molecule has 0 saturated heterocycles. The molecule has 0 fully saturated rings. The fourth-order valence-electron chi connectivity index (χ4n) is 1.95. The number of rotatable bonds is 11. The van der Waals surface area contributed by atoms with Gasteiger partial charge in [-0.15, -0.1) is 0 Å². The summed E-state index contributed by atoms with van der Waals surface area (Å²) in [6.45, 7) is 6.18. The lowest BCUT2D eigenvalue weighted by Gasteiger charge is -2.02. The molecule has 0 saturated carbocycles. The van der Waals surface area contributed by atoms with Crippen LogP contribution in [0.1, 0.15) is 78.6 Å². The predicted octanol–water partition coefficient (Wildman–Crippen LogP) is 5.30. The summed E-state index contributed by atoms with van der Waals surface area (Å²) in [6.07, 6.45) is 15.5. The average molecular weight is 238 g/mol. The number of unbranched alkanes of at least 4 members (excludes halogenated alkanes) is 7. The van der Waals surface area contributed by atoms with E-state index in [1.807, 2.05) is 13.8 Å². The first-order valence-corrected chi connectivity index (χ1v) is 7.41. The molecule has 0 bridgehead atoms. The molecule has 1 nitrogen and oxygen atoms in total. The van der Waals surface area contributed by atoms with E-state index in [0.717, 1.165) is 6.42 Å². The van der Waals surface area contributed by atoms with Gasteiger partial charge in [-0.3, -0.25) is 4.79 Å². The molecule has 0 unspecified atom stereocenters. The number of carbonyl (C=O) groups is 1. The van der Waals surface area contributed by atoms with Gasteiger partial charge in [-0.2, -0.15) is 0 Å². The van der Waals surface area contributed by atoms with Crippen molar-refractivity contribution in [2.75, 3.05) is 0 Å². The third kappa shape index (κ3) is 10.3. The van der Waals surface area contributed by atoms with Gasteiger partial charge in [0.05, 0.1) is 0 Å². The molecule has 0 N–H and O–H groups in total. The lowest BCUT2D eigenvalue weighted by Crippen LogP contribution is -2.05. The second-order valence-corrected chi connectivity index (χ2v) is 4.95. The molecule has 0 aromatic carbocycles. The van der Waals surface area contributed by atoms with E-state index in [0.29, 0.717) is 12.2 Å². The Morgan fingerprint density at radius 2 is 1.59 bits per heavy atom. The summed E-state index contributed by atoms with van der Waals surface area (Å²) in [5.41, 5.74) is 0. The van der Waals surface area contributed by atoms with Crippen molar-refractivity contribution in [3.05, 3.63) is 12.2 Å². The number of carbonyl (C=O) groups excluding carboxylic acids is 1. The highest BCUT2D eigenvalue weighted by Crippen LogP contribution is 2.09. The van der Waals surface area contributed by atoms with Crippen molar-refractivity contribution >= 4 is 5.78 Å². The second kappa shape index (κ2) is 11.9. The van der Waals surface area contributed by atoms with Gasteiger partial charge in [-0.05, 0) is 12.8 Å². The van der Waals surface area contributed by atoms with Crippen molar-refractivity contribution in [3.8, 4) is 0 Å². The first-order chi connectivity index (χ1) is 8.22. The van der Waals surface area contributed by atoms with Crippen molar-refractivity contribution in [1.82, 2.24) is 0 Å². The van der Waals surface area contributed by atoms with Crippen LogP contribution in [0.3, 0.4) is 0 Å². The Balaban J connectivity index is 3.33. The van der Waals surface area contributed by atoms with Gasteiger partial charge in [0.15, 0.2) is 0 Å². The van der Waals surface area contributed by atoms with Gasteiger partial charge < -0.3 is 0 Å². The van der Waals surface area contributed by atoms with Crippen molar-refractivity contribution in [3.63, 3.8) is 0 Å². The van der Waals surface area contributed by atoms with Crippen LogP contribution in [-0.2, 0) is 4.79 Å². The Bertz CT molecular complexity index is 206. The van der Waals surface area contributed by atoms with Crippen LogP contribution >= 0.6 is 0 Å². The minimum Gasteiger partial charge on any atom is -0.299 e. The summed E-state index contributed by atoms with van der Waals surface area (Å²) in [4.78, 5) is 11.3. The van der Waals surface area contributed by atoms with E-state index in [2.05, 4.69) is 19.1 Å². The summed E-state index contributed by atoms with van der Waals surface area (Å²) >= 11 is 0. The fourth-order valence-corrected chi connectivity index (χ4v) is 1.95. The van der Waals surface area contributed by atoms with E-state index in [1.54, 1.807) is 0 Å². The van der Waals surface area contributed by atoms with Gasteiger partial charge in [0.2, 0.25) is 0 Å². The van der Waals surface area contributed by atoms with Gasteiger partial charge in [-0.1, -0.05) is 71.4 Å². The van der Waals surface area contributed by atoms with E-state index >= 15 is 0 Å². The fraction of sp³-hybridized carbons (Fsp3) is 0.812. The molecular formula is C16H30O. The van der Waals surface area contributed by atoms with E-state index in [-0.39, 0.29) is 5.92 Å². The average Bonchev–Trinajstić information content (AvgIpc) is 2.35. The molecule has 0 aromatic rings. The van der Waals surface area contributed by atoms with Crippen LogP contribution in [0.2, 0.25) is 0 Å². The highest BCUT2D eigenvalue weighted by Gasteiger charge is 2.04. The molecule has 0 aliphatic heterocycles. The van der Waals surface area contributed by atoms with E-state index in [4.69, 9.17) is 0 Å². The summed E-state index contributed by atoms with van der Waals surface area (Å²) in [5, 5.41) is 0. The molecule has 0 heterocycles. The Morgan fingerprint density at radius 1 is 1.00 bits per heavy atom. The van der Waals surface area contributed by atoms with Gasteiger partial charge in [-0.25, -0.2) is 0 Å². The third-order valence-corrected chi connectivity index (χ3v) is 3.26. The summed E-state index contributed by atoms with van der Waals surface area (Å²) in [7, 11) is 0. The zero-order valence-electron chi connectivity index (χ0n) is 12.0. The molecule has 1 atom stereocenters. The number of hydrogen-bond acceptors (Lipinski definition) is 1. The minimum atomic E-state index is 0.115. The topological polar surface area (TPSA) is 17.1 Å². The monoisotopic (exact) mass is 238 g/mol. The molecule has 0 aromatic heterocycles. The molecule has 17 heavy (non-hydrogen) atoms. The maximum absolute atomic E-state index is 11.3. The van der Waals surface area contributed by atoms with Crippen molar-refractivity contribution in [1.29, 1.82) is 0 Å². The molecule has 0 spiro atoms. The molecule has 0 aliphatic carbocycles. The van der Waals surface area contributed by atoms with Gasteiger partial charge in [0.1, 0.15) is 5.78 Å². The van der Waals surface area contributed by atoms with E-state index in [1.165, 1.54) is 44.9 Å². The van der Waals surface area contributed by atoms with Crippen molar-refractivity contribution in [2.24, 2.45) is 5.92 Å². The number of allylic oxidation sites excluding steroid dienone is 2. The van der Waals surface area contributed by atoms with Crippen molar-refractivity contribution in [2.45, 2.75) is 78.6 Å². The Hall–Kier alpha value is -0.590. The molecule has 0 amide bonds. The van der Waals surface area contributed by atoms with Crippen molar-refractivity contribution < 1.29 is 4.79 Å². The Morgan fingerprint density at radius 3 is 2.18 bits per heavy atom. The SMILES string of the molecule is CCCCCCCCC/C=C/[C@H](C)C(=O)CC. The molecule has 0 radical (unpaired) electrons. The van der Waals surface area contributed by atoms with Crippen LogP contribution in [-0.4, -0.2) is 5.78 Å². The molecular weight excluding hydrogens is 208 g/mol. The largest absolute Gasteiger partial charge is 0.299 e. The third-order valence-electron chi connectivity index (χ3n) is 3.26. The Labute approximate surface area is 108 Å². The first-order valence-electron chi connectivity index (χ1n) is 7.41. The number of ketones is 1. The maximum Gasteiger partial charge on any atom is 0.139 e. The van der Waals surface area contributed by atoms with Crippen LogP contribution in [0.5, 0.6) is 0 Å². The number of Topliss-reactive ketones (excluding diaryl/α,β-unsaturated/α-hetero) is 1. The van der Waals surface area contributed by atoms with Crippen LogP contribution in [0.25, 0.3) is 0 Å². The summed E-state index contributed by atoms with van der Waals surface area (Å²) in [6, 6.07) is 0. The smallest absolute Gasteiger partial charge is 0.139 e. The highest BCUT2D eigenvalue weighted by atomic mass is 16.1. The second-order valence-electron chi connectivity index (χ2n) is 4.95. The summed E-state index contributed by atoms with van der Waals surface area (Å²) in [5.74, 6) is 0.463. The van der Waals surface area contributed by atoms with E-state index in [9.17, 15) is 4.79 Å². The van der Waals surface area contributed by atoms with Gasteiger partial charge in [0.25, 0.3) is 0 Å². The van der Waals surface area contributed by atoms with Crippen LogP contribution in [0, 0.1) is 5.92 Å². The standard InChI is InChI=1S/C16H30O/c1-4-6-7-8-9-10-11-12-13-14-15(3)16(17)5-2/h13-15H,4-12H2,1-3H3/b14-13+/t15-/m0/s1. The van der Waals surface area contributed by atoms with Crippen LogP contribution < -0.4 is 0 Å². The zero-order chi connectivity index (χ0) is 12.9. The molecule has 100 valence electrons. The number of hydrogen-bond donors (Lipinski definition) is 0. The first kappa shape index (κ1) is 16.4. The molecule has 0 rings (SSSR count). The highest BCUT2D eigenvalue weighted by molar-refractivity contribution is 5.81. The van der Waals surface area contributed by atoms with Gasteiger partial charge in [0, 0.05) is 12.3 Å². The zero-order valence-corrected chi connectivity index (χ0v) is 12.0. The van der Waals surface area contributed by atoms with E-state index < -0.39 is 0 Å². The molecule has 1 heteroatoms. The predicted molar refractivity (Wildman–Crippen MR) is 76.2 cm³/mol. The molecule has 0 aliphatic rings.